The van der Waals surface area contributed by atoms with E-state index in [1.165, 1.54) is 5.56 Å². The van der Waals surface area contributed by atoms with E-state index < -0.39 is 0 Å². The Morgan fingerprint density at radius 1 is 1.14 bits per heavy atom. The van der Waals surface area contributed by atoms with Crippen LogP contribution in [0, 0.1) is 6.92 Å². The summed E-state index contributed by atoms with van der Waals surface area (Å²) >= 11 is 0. The molecule has 0 unspecified atom stereocenters. The van der Waals surface area contributed by atoms with Gasteiger partial charge >= 0.3 is 0 Å². The molecule has 22 heavy (non-hydrogen) atoms. The maximum absolute atomic E-state index is 5.90. The molecule has 0 radical (unpaired) electrons. The number of anilines is 1. The highest BCUT2D eigenvalue weighted by Crippen LogP contribution is 2.30. The summed E-state index contributed by atoms with van der Waals surface area (Å²) in [5, 5.41) is 16.1. The summed E-state index contributed by atoms with van der Waals surface area (Å²) in [7, 11) is 0. The molecule has 3 heterocycles. The Hall–Kier alpha value is -2.47. The van der Waals surface area contributed by atoms with Crippen LogP contribution in [-0.4, -0.2) is 32.5 Å². The van der Waals surface area contributed by atoms with Crippen molar-refractivity contribution >= 4 is 11.5 Å². The molecule has 0 aliphatic carbocycles. The highest BCUT2D eigenvalue weighted by Gasteiger charge is 2.29. The second kappa shape index (κ2) is 5.38. The zero-order chi connectivity index (χ0) is 14.9. The van der Waals surface area contributed by atoms with Crippen molar-refractivity contribution in [3.63, 3.8) is 0 Å². The highest BCUT2D eigenvalue weighted by atomic mass is 16.5. The van der Waals surface area contributed by atoms with Gasteiger partial charge in [0, 0.05) is 6.61 Å². The number of rotatable bonds is 3. The van der Waals surface area contributed by atoms with E-state index in [-0.39, 0.29) is 12.1 Å². The number of nitrogens with one attached hydrogen (secondary N) is 1. The molecule has 0 spiro atoms. The molecule has 2 atom stereocenters. The lowest BCUT2D eigenvalue weighted by molar-refractivity contribution is 0.107. The number of aryl methyl sites for hydroxylation is 1. The van der Waals surface area contributed by atoms with Crippen molar-refractivity contribution in [1.82, 2.24) is 19.8 Å². The van der Waals surface area contributed by atoms with Crippen LogP contribution < -0.4 is 5.32 Å². The average molecular weight is 295 g/mol. The Morgan fingerprint density at radius 3 is 2.86 bits per heavy atom. The standard InChI is InChI=1S/C16H17N5O/c1-11-18-19-15-8-7-14(20-21(11)15)17-13-9-10-22-16(13)12-5-3-2-4-6-12/h2-8,13,16H,9-10H2,1H3,(H,17,20)/t13-,16+/m1/s1. The van der Waals surface area contributed by atoms with Gasteiger partial charge < -0.3 is 10.1 Å². The molecule has 1 aliphatic heterocycles. The van der Waals surface area contributed by atoms with Gasteiger partial charge in [-0.25, -0.2) is 0 Å². The topological polar surface area (TPSA) is 64.3 Å². The van der Waals surface area contributed by atoms with Crippen molar-refractivity contribution in [2.24, 2.45) is 0 Å². The number of aromatic nitrogens is 4. The molecule has 1 N–H and O–H groups in total. The molecular formula is C16H17N5O. The number of benzene rings is 1. The molecule has 1 fully saturated rings. The molecule has 0 bridgehead atoms. The first-order valence-corrected chi connectivity index (χ1v) is 7.43. The van der Waals surface area contributed by atoms with Crippen LogP contribution in [0.1, 0.15) is 23.9 Å². The maximum atomic E-state index is 5.90. The molecule has 4 rings (SSSR count). The minimum atomic E-state index is 0.0562. The summed E-state index contributed by atoms with van der Waals surface area (Å²) in [5.41, 5.74) is 1.95. The number of hydrogen-bond donors (Lipinski definition) is 1. The SMILES string of the molecule is Cc1nnc2ccc(N[C@@H]3CCO[C@H]3c3ccccc3)nn12. The van der Waals surface area contributed by atoms with E-state index >= 15 is 0 Å². The van der Waals surface area contributed by atoms with Crippen molar-refractivity contribution in [2.45, 2.75) is 25.5 Å². The summed E-state index contributed by atoms with van der Waals surface area (Å²) in [4.78, 5) is 0. The Labute approximate surface area is 128 Å². The Kier molecular flexibility index (Phi) is 3.23. The summed E-state index contributed by atoms with van der Waals surface area (Å²) in [6.45, 7) is 2.65. The van der Waals surface area contributed by atoms with E-state index in [2.05, 4.69) is 32.7 Å². The molecule has 112 valence electrons. The Bertz CT molecular complexity index is 786. The summed E-state index contributed by atoms with van der Waals surface area (Å²) in [6, 6.07) is 14.4. The van der Waals surface area contributed by atoms with Crippen LogP contribution in [0.5, 0.6) is 0 Å². The van der Waals surface area contributed by atoms with E-state index in [0.717, 1.165) is 30.3 Å². The quantitative estimate of drug-likeness (QED) is 0.803. The van der Waals surface area contributed by atoms with Gasteiger partial charge in [-0.2, -0.15) is 4.52 Å². The van der Waals surface area contributed by atoms with Crippen molar-refractivity contribution in [3.05, 3.63) is 53.9 Å². The largest absolute Gasteiger partial charge is 0.371 e. The second-order valence-corrected chi connectivity index (χ2v) is 5.48. The van der Waals surface area contributed by atoms with Gasteiger partial charge in [0.2, 0.25) is 0 Å². The normalized spacial score (nSPS) is 21.3. The van der Waals surface area contributed by atoms with Crippen molar-refractivity contribution < 1.29 is 4.74 Å². The smallest absolute Gasteiger partial charge is 0.178 e. The first-order chi connectivity index (χ1) is 10.8. The van der Waals surface area contributed by atoms with Gasteiger partial charge in [-0.1, -0.05) is 30.3 Å². The lowest BCUT2D eigenvalue weighted by Crippen LogP contribution is -2.24. The highest BCUT2D eigenvalue weighted by molar-refractivity contribution is 5.45. The van der Waals surface area contributed by atoms with Crippen molar-refractivity contribution in [2.75, 3.05) is 11.9 Å². The van der Waals surface area contributed by atoms with Crippen LogP contribution in [0.4, 0.5) is 5.82 Å². The minimum absolute atomic E-state index is 0.0562. The summed E-state index contributed by atoms with van der Waals surface area (Å²) < 4.78 is 7.64. The van der Waals surface area contributed by atoms with Gasteiger partial charge in [0.1, 0.15) is 11.9 Å². The van der Waals surface area contributed by atoms with E-state index in [0.29, 0.717) is 0 Å². The van der Waals surface area contributed by atoms with Crippen LogP contribution in [0.25, 0.3) is 5.65 Å². The maximum Gasteiger partial charge on any atom is 0.178 e. The summed E-state index contributed by atoms with van der Waals surface area (Å²) in [5.74, 6) is 1.59. The summed E-state index contributed by atoms with van der Waals surface area (Å²) in [6.07, 6.45) is 1.01. The van der Waals surface area contributed by atoms with Gasteiger partial charge in [0.05, 0.1) is 6.04 Å². The monoisotopic (exact) mass is 295 g/mol. The third-order valence-electron chi connectivity index (χ3n) is 3.97. The molecule has 6 nitrogen and oxygen atoms in total. The average Bonchev–Trinajstić information content (AvgIpc) is 3.16. The Balaban J connectivity index is 1.59. The molecule has 0 saturated carbocycles. The fourth-order valence-electron chi connectivity index (χ4n) is 2.87. The van der Waals surface area contributed by atoms with E-state index in [9.17, 15) is 0 Å². The lowest BCUT2D eigenvalue weighted by Gasteiger charge is -2.20. The minimum Gasteiger partial charge on any atom is -0.371 e. The van der Waals surface area contributed by atoms with Crippen LogP contribution in [-0.2, 0) is 4.74 Å². The molecule has 1 saturated heterocycles. The van der Waals surface area contributed by atoms with Crippen molar-refractivity contribution in [1.29, 1.82) is 0 Å². The van der Waals surface area contributed by atoms with Gasteiger partial charge in [0.15, 0.2) is 11.5 Å². The van der Waals surface area contributed by atoms with Gasteiger partial charge in [-0.05, 0) is 31.0 Å². The third kappa shape index (κ3) is 2.31. The Morgan fingerprint density at radius 2 is 2.00 bits per heavy atom. The molecule has 6 heteroatoms. The molecular weight excluding hydrogens is 278 g/mol. The molecule has 1 aromatic carbocycles. The van der Waals surface area contributed by atoms with Crippen LogP contribution in [0.2, 0.25) is 0 Å². The fraction of sp³-hybridized carbons (Fsp3) is 0.312. The number of hydrogen-bond acceptors (Lipinski definition) is 5. The van der Waals surface area contributed by atoms with E-state index in [1.807, 2.05) is 37.3 Å². The second-order valence-electron chi connectivity index (χ2n) is 5.48. The predicted molar refractivity (Wildman–Crippen MR) is 82.7 cm³/mol. The lowest BCUT2D eigenvalue weighted by atomic mass is 10.0. The van der Waals surface area contributed by atoms with Crippen LogP contribution in [0.3, 0.4) is 0 Å². The van der Waals surface area contributed by atoms with Crippen LogP contribution in [0.15, 0.2) is 42.5 Å². The van der Waals surface area contributed by atoms with Gasteiger partial charge in [0.25, 0.3) is 0 Å². The van der Waals surface area contributed by atoms with Gasteiger partial charge in [-0.3, -0.25) is 0 Å². The number of nitrogens with zero attached hydrogens (tertiary/aromatic N) is 4. The molecule has 3 aromatic rings. The van der Waals surface area contributed by atoms with Gasteiger partial charge in [-0.15, -0.1) is 15.3 Å². The third-order valence-corrected chi connectivity index (χ3v) is 3.97. The molecule has 1 aliphatic rings. The van der Waals surface area contributed by atoms with Crippen LogP contribution >= 0.6 is 0 Å². The van der Waals surface area contributed by atoms with E-state index in [4.69, 9.17) is 4.74 Å². The van der Waals surface area contributed by atoms with Crippen molar-refractivity contribution in [3.8, 4) is 0 Å². The first-order valence-electron chi connectivity index (χ1n) is 7.43. The molecule has 0 amide bonds. The number of fused-ring (bicyclic) bond motifs is 1. The number of ether oxygens (including phenoxy) is 1. The molecule has 2 aromatic heterocycles. The first kappa shape index (κ1) is 13.2. The zero-order valence-corrected chi connectivity index (χ0v) is 12.3. The fourth-order valence-corrected chi connectivity index (χ4v) is 2.87. The van der Waals surface area contributed by atoms with E-state index in [1.54, 1.807) is 4.52 Å². The zero-order valence-electron chi connectivity index (χ0n) is 12.3. The predicted octanol–water partition coefficient (Wildman–Crippen LogP) is 2.37.